The van der Waals surface area contributed by atoms with Crippen LogP contribution in [0.2, 0.25) is 0 Å². The number of morpholine rings is 1. The Labute approximate surface area is 95.5 Å². The SMILES string of the molecule is Cc1cccc(CN2CCOC(C#N)C2)n1. The zero-order chi connectivity index (χ0) is 11.4. The minimum absolute atomic E-state index is 0.293. The highest BCUT2D eigenvalue weighted by molar-refractivity contribution is 5.10. The van der Waals surface area contributed by atoms with Crippen LogP contribution in [-0.4, -0.2) is 35.7 Å². The number of rotatable bonds is 2. The summed E-state index contributed by atoms with van der Waals surface area (Å²) in [5.41, 5.74) is 2.08. The summed E-state index contributed by atoms with van der Waals surface area (Å²) in [4.78, 5) is 6.66. The Morgan fingerprint density at radius 2 is 2.50 bits per heavy atom. The average Bonchev–Trinajstić information content (AvgIpc) is 2.29. The van der Waals surface area contributed by atoms with Gasteiger partial charge >= 0.3 is 0 Å². The summed E-state index contributed by atoms with van der Waals surface area (Å²) in [5.74, 6) is 0. The van der Waals surface area contributed by atoms with Crippen LogP contribution >= 0.6 is 0 Å². The van der Waals surface area contributed by atoms with E-state index in [0.29, 0.717) is 13.2 Å². The van der Waals surface area contributed by atoms with E-state index in [0.717, 1.165) is 24.5 Å². The van der Waals surface area contributed by atoms with Crippen molar-refractivity contribution < 1.29 is 4.74 Å². The lowest BCUT2D eigenvalue weighted by atomic mass is 10.2. The van der Waals surface area contributed by atoms with E-state index in [1.165, 1.54) is 0 Å². The van der Waals surface area contributed by atoms with E-state index in [4.69, 9.17) is 10.00 Å². The molecule has 1 aliphatic heterocycles. The summed E-state index contributed by atoms with van der Waals surface area (Å²) in [7, 11) is 0. The molecular formula is C12H15N3O. The van der Waals surface area contributed by atoms with Gasteiger partial charge in [0.25, 0.3) is 0 Å². The van der Waals surface area contributed by atoms with Crippen molar-refractivity contribution in [3.63, 3.8) is 0 Å². The Morgan fingerprint density at radius 1 is 1.62 bits per heavy atom. The maximum atomic E-state index is 8.80. The molecule has 2 heterocycles. The Bertz CT molecular complexity index is 399. The van der Waals surface area contributed by atoms with Crippen LogP contribution in [0.15, 0.2) is 18.2 Å². The number of aromatic nitrogens is 1. The second-order valence-electron chi connectivity index (χ2n) is 3.99. The van der Waals surface area contributed by atoms with Gasteiger partial charge in [-0.1, -0.05) is 6.07 Å². The van der Waals surface area contributed by atoms with Crippen molar-refractivity contribution in [2.45, 2.75) is 19.6 Å². The molecule has 1 atom stereocenters. The fraction of sp³-hybridized carbons (Fsp3) is 0.500. The summed E-state index contributed by atoms with van der Waals surface area (Å²) in [6.45, 7) is 4.95. The van der Waals surface area contributed by atoms with Gasteiger partial charge in [-0.15, -0.1) is 0 Å². The van der Waals surface area contributed by atoms with Crippen molar-refractivity contribution in [2.75, 3.05) is 19.7 Å². The number of nitriles is 1. The number of ether oxygens (including phenoxy) is 1. The summed E-state index contributed by atoms with van der Waals surface area (Å²) in [6.07, 6.45) is -0.293. The van der Waals surface area contributed by atoms with Crippen molar-refractivity contribution in [1.82, 2.24) is 9.88 Å². The largest absolute Gasteiger partial charge is 0.361 e. The molecule has 1 saturated heterocycles. The van der Waals surface area contributed by atoms with Crippen molar-refractivity contribution in [1.29, 1.82) is 5.26 Å². The highest BCUT2D eigenvalue weighted by Gasteiger charge is 2.19. The first-order valence-electron chi connectivity index (χ1n) is 5.44. The fourth-order valence-electron chi connectivity index (χ4n) is 1.84. The molecule has 2 rings (SSSR count). The van der Waals surface area contributed by atoms with Crippen molar-refractivity contribution in [2.24, 2.45) is 0 Å². The monoisotopic (exact) mass is 217 g/mol. The van der Waals surface area contributed by atoms with Gasteiger partial charge in [0.05, 0.1) is 18.4 Å². The third-order valence-corrected chi connectivity index (χ3v) is 2.63. The lowest BCUT2D eigenvalue weighted by Gasteiger charge is -2.29. The molecular weight excluding hydrogens is 202 g/mol. The number of hydrogen-bond acceptors (Lipinski definition) is 4. The van der Waals surface area contributed by atoms with Gasteiger partial charge < -0.3 is 4.74 Å². The second-order valence-corrected chi connectivity index (χ2v) is 3.99. The Hall–Kier alpha value is -1.44. The number of pyridine rings is 1. The smallest absolute Gasteiger partial charge is 0.156 e. The molecule has 0 radical (unpaired) electrons. The molecule has 1 fully saturated rings. The Balaban J connectivity index is 1.97. The predicted molar refractivity (Wildman–Crippen MR) is 59.6 cm³/mol. The van der Waals surface area contributed by atoms with E-state index >= 15 is 0 Å². The molecule has 84 valence electrons. The van der Waals surface area contributed by atoms with E-state index in [2.05, 4.69) is 16.0 Å². The third-order valence-electron chi connectivity index (χ3n) is 2.63. The fourth-order valence-corrected chi connectivity index (χ4v) is 1.84. The molecule has 0 N–H and O–H groups in total. The normalized spacial score (nSPS) is 21.6. The van der Waals surface area contributed by atoms with Crippen LogP contribution in [0.1, 0.15) is 11.4 Å². The van der Waals surface area contributed by atoms with Gasteiger partial charge in [-0.05, 0) is 19.1 Å². The van der Waals surface area contributed by atoms with Crippen LogP contribution < -0.4 is 0 Å². The second kappa shape index (κ2) is 5.06. The maximum absolute atomic E-state index is 8.80. The van der Waals surface area contributed by atoms with Gasteiger partial charge in [0, 0.05) is 25.3 Å². The van der Waals surface area contributed by atoms with E-state index in [1.807, 2.05) is 25.1 Å². The quantitative estimate of drug-likeness (QED) is 0.744. The van der Waals surface area contributed by atoms with Crippen LogP contribution in [0, 0.1) is 18.3 Å². The summed E-state index contributed by atoms with van der Waals surface area (Å²) in [5, 5.41) is 8.80. The van der Waals surface area contributed by atoms with Gasteiger partial charge in [-0.2, -0.15) is 5.26 Å². The molecule has 0 amide bonds. The summed E-state index contributed by atoms with van der Waals surface area (Å²) >= 11 is 0. The van der Waals surface area contributed by atoms with Crippen molar-refractivity contribution >= 4 is 0 Å². The van der Waals surface area contributed by atoms with Crippen molar-refractivity contribution in [3.8, 4) is 6.07 Å². The molecule has 1 aliphatic rings. The van der Waals surface area contributed by atoms with Crippen molar-refractivity contribution in [3.05, 3.63) is 29.6 Å². The standard InChI is InChI=1S/C12H15N3O/c1-10-3-2-4-11(14-10)8-15-5-6-16-12(7-13)9-15/h2-4,12H,5-6,8-9H2,1H3. The number of nitrogens with zero attached hydrogens (tertiary/aromatic N) is 3. The molecule has 1 unspecified atom stereocenters. The van der Waals surface area contributed by atoms with Gasteiger partial charge in [-0.25, -0.2) is 0 Å². The van der Waals surface area contributed by atoms with Gasteiger partial charge in [-0.3, -0.25) is 9.88 Å². The molecule has 1 aromatic heterocycles. The minimum Gasteiger partial charge on any atom is -0.361 e. The zero-order valence-corrected chi connectivity index (χ0v) is 9.39. The molecule has 0 saturated carbocycles. The highest BCUT2D eigenvalue weighted by Crippen LogP contribution is 2.09. The molecule has 0 bridgehead atoms. The molecule has 1 aromatic rings. The first-order chi connectivity index (χ1) is 7.78. The van der Waals surface area contributed by atoms with Gasteiger partial charge in [0.2, 0.25) is 0 Å². The van der Waals surface area contributed by atoms with Crippen LogP contribution in [0.3, 0.4) is 0 Å². The Kier molecular flexibility index (Phi) is 3.50. The first kappa shape index (κ1) is 11.1. The van der Waals surface area contributed by atoms with Gasteiger partial charge in [0.15, 0.2) is 6.10 Å². The molecule has 4 nitrogen and oxygen atoms in total. The van der Waals surface area contributed by atoms with Crippen LogP contribution in [0.5, 0.6) is 0 Å². The average molecular weight is 217 g/mol. The van der Waals surface area contributed by atoms with Crippen LogP contribution in [0.4, 0.5) is 0 Å². The summed E-state index contributed by atoms with van der Waals surface area (Å²) in [6, 6.07) is 8.17. The Morgan fingerprint density at radius 3 is 3.25 bits per heavy atom. The summed E-state index contributed by atoms with van der Waals surface area (Å²) < 4.78 is 5.30. The van der Waals surface area contributed by atoms with E-state index < -0.39 is 0 Å². The topological polar surface area (TPSA) is 49.1 Å². The third kappa shape index (κ3) is 2.78. The van der Waals surface area contributed by atoms with E-state index in [9.17, 15) is 0 Å². The van der Waals surface area contributed by atoms with Crippen LogP contribution in [-0.2, 0) is 11.3 Å². The molecule has 4 heteroatoms. The molecule has 16 heavy (non-hydrogen) atoms. The first-order valence-corrected chi connectivity index (χ1v) is 5.44. The zero-order valence-electron chi connectivity index (χ0n) is 9.39. The van der Waals surface area contributed by atoms with E-state index in [-0.39, 0.29) is 6.10 Å². The number of aryl methyl sites for hydroxylation is 1. The minimum atomic E-state index is -0.293. The molecule has 0 aliphatic carbocycles. The van der Waals surface area contributed by atoms with Crippen LogP contribution in [0.25, 0.3) is 0 Å². The molecule has 0 aromatic carbocycles. The lowest BCUT2D eigenvalue weighted by Crippen LogP contribution is -2.41. The van der Waals surface area contributed by atoms with Gasteiger partial charge in [0.1, 0.15) is 0 Å². The highest BCUT2D eigenvalue weighted by atomic mass is 16.5. The predicted octanol–water partition coefficient (Wildman–Crippen LogP) is 1.11. The lowest BCUT2D eigenvalue weighted by molar-refractivity contribution is -0.00312. The maximum Gasteiger partial charge on any atom is 0.156 e. The van der Waals surface area contributed by atoms with E-state index in [1.54, 1.807) is 0 Å². The number of hydrogen-bond donors (Lipinski definition) is 0. The molecule has 0 spiro atoms.